The Morgan fingerprint density at radius 1 is 1.14 bits per heavy atom. The molecule has 4 unspecified atom stereocenters. The van der Waals surface area contributed by atoms with Gasteiger partial charge in [-0.3, -0.25) is 14.6 Å². The van der Waals surface area contributed by atoms with Crippen LogP contribution in [-0.2, 0) is 14.3 Å². The van der Waals surface area contributed by atoms with Gasteiger partial charge in [-0.1, -0.05) is 27.7 Å². The molecule has 1 aromatic rings. The van der Waals surface area contributed by atoms with Crippen molar-refractivity contribution in [2.24, 2.45) is 29.4 Å². The van der Waals surface area contributed by atoms with E-state index in [0.717, 1.165) is 0 Å². The quantitative estimate of drug-likeness (QED) is 0.204. The van der Waals surface area contributed by atoms with Crippen LogP contribution < -0.4 is 15.8 Å². The number of nitrogens with one attached hydrogen (secondary N) is 1. The number of carbonyl (C=O) groups is 2. The van der Waals surface area contributed by atoms with E-state index in [1.54, 1.807) is 30.4 Å². The van der Waals surface area contributed by atoms with Gasteiger partial charge in [-0.15, -0.1) is 24.8 Å². The van der Waals surface area contributed by atoms with E-state index in [2.05, 4.69) is 24.1 Å². The van der Waals surface area contributed by atoms with Gasteiger partial charge in [0, 0.05) is 64.5 Å². The Morgan fingerprint density at radius 2 is 1.81 bits per heavy atom. The van der Waals surface area contributed by atoms with E-state index in [-0.39, 0.29) is 72.6 Å². The zero-order valence-electron chi connectivity index (χ0n) is 26.7. The molecular weight excluding hydrogens is 597 g/mol. The molecule has 2 heterocycles. The van der Waals surface area contributed by atoms with Gasteiger partial charge in [0.05, 0.1) is 25.9 Å². The molecule has 4 atom stereocenters. The number of amides is 2. The Morgan fingerprint density at radius 3 is 2.40 bits per heavy atom. The highest BCUT2D eigenvalue weighted by atomic mass is 35.5. The van der Waals surface area contributed by atoms with Crippen LogP contribution in [0.1, 0.15) is 64.2 Å². The summed E-state index contributed by atoms with van der Waals surface area (Å²) >= 11 is 0. The number of nitrogens with two attached hydrogens (primary N) is 1. The van der Waals surface area contributed by atoms with Gasteiger partial charge in [0.15, 0.2) is 0 Å². The van der Waals surface area contributed by atoms with Crippen LogP contribution in [0.15, 0.2) is 18.3 Å². The van der Waals surface area contributed by atoms with E-state index >= 15 is 0 Å². The highest BCUT2D eigenvalue weighted by molar-refractivity contribution is 5.96. The summed E-state index contributed by atoms with van der Waals surface area (Å²) in [6, 6.07) is 2.85. The van der Waals surface area contributed by atoms with Crippen LogP contribution >= 0.6 is 24.8 Å². The first-order chi connectivity index (χ1) is 19.6. The molecule has 250 valence electrons. The fourth-order valence-electron chi connectivity index (χ4n) is 5.04. The van der Waals surface area contributed by atoms with Crippen LogP contribution in [0.4, 0.5) is 0 Å². The molecule has 4 N–H and O–H groups in total. The number of halogens is 2. The molecule has 1 saturated heterocycles. The number of hydrazine groups is 1. The maximum atomic E-state index is 13.6. The largest absolute Gasteiger partial charge is 0.477 e. The molecule has 1 aromatic heterocycles. The van der Waals surface area contributed by atoms with Crippen LogP contribution in [-0.4, -0.2) is 104 Å². The number of hydrogen-bond donors (Lipinski definition) is 3. The Bertz CT molecular complexity index is 923. The van der Waals surface area contributed by atoms with E-state index in [1.165, 1.54) is 0 Å². The van der Waals surface area contributed by atoms with Crippen LogP contribution in [0, 0.1) is 23.7 Å². The van der Waals surface area contributed by atoms with Crippen molar-refractivity contribution in [1.82, 2.24) is 20.3 Å². The van der Waals surface area contributed by atoms with Gasteiger partial charge in [-0.2, -0.15) is 0 Å². The lowest BCUT2D eigenvalue weighted by Crippen LogP contribution is -2.54. The number of morpholine rings is 1. The first-order valence-electron chi connectivity index (χ1n) is 15.0. The normalized spacial score (nSPS) is 16.4. The van der Waals surface area contributed by atoms with E-state index in [9.17, 15) is 14.7 Å². The Kier molecular flexibility index (Phi) is 21.0. The molecule has 1 fully saturated rings. The van der Waals surface area contributed by atoms with Crippen LogP contribution in [0.3, 0.4) is 0 Å². The summed E-state index contributed by atoms with van der Waals surface area (Å²) in [7, 11) is 1.63. The number of ether oxygens (including phenoxy) is 3. The SMILES string of the molecule is CCN(C(=O)C(CC(O)C(N)CC(CNC(=O)c1cccnc1OCCCOC)C(C)C)C(C)C)N1CCOCC1.Cl.Cl. The summed E-state index contributed by atoms with van der Waals surface area (Å²) < 4.78 is 16.2. The summed E-state index contributed by atoms with van der Waals surface area (Å²) in [5.74, 6) is -0.0366. The lowest BCUT2D eigenvalue weighted by atomic mass is 9.83. The Labute approximate surface area is 270 Å². The van der Waals surface area contributed by atoms with E-state index < -0.39 is 12.1 Å². The van der Waals surface area contributed by atoms with Gasteiger partial charge in [0.25, 0.3) is 5.91 Å². The predicted octanol–water partition coefficient (Wildman–Crippen LogP) is 3.18. The number of rotatable bonds is 18. The van der Waals surface area contributed by atoms with E-state index in [4.69, 9.17) is 19.9 Å². The third-order valence-corrected chi connectivity index (χ3v) is 7.78. The minimum absolute atomic E-state index is 0. The lowest BCUT2D eigenvalue weighted by molar-refractivity contribution is -0.163. The third kappa shape index (κ3) is 13.4. The Balaban J connectivity index is 0.00000882. The van der Waals surface area contributed by atoms with Crippen LogP contribution in [0.5, 0.6) is 5.88 Å². The van der Waals surface area contributed by atoms with E-state index in [1.807, 2.05) is 25.8 Å². The first kappa shape index (κ1) is 41.3. The molecule has 43 heavy (non-hydrogen) atoms. The molecule has 1 aliphatic heterocycles. The highest BCUT2D eigenvalue weighted by Crippen LogP contribution is 2.25. The van der Waals surface area contributed by atoms with Crippen molar-refractivity contribution >= 4 is 36.6 Å². The van der Waals surface area contributed by atoms with Gasteiger partial charge in [-0.25, -0.2) is 9.99 Å². The number of hydrogen-bond acceptors (Lipinski definition) is 9. The molecule has 1 aliphatic rings. The van der Waals surface area contributed by atoms with Crippen molar-refractivity contribution in [1.29, 1.82) is 0 Å². The molecule has 0 radical (unpaired) electrons. The number of aromatic nitrogens is 1. The molecule has 0 aromatic carbocycles. The molecular formula is C30H55Cl2N5O6. The zero-order valence-corrected chi connectivity index (χ0v) is 28.3. The summed E-state index contributed by atoms with van der Waals surface area (Å²) in [5, 5.41) is 18.0. The summed E-state index contributed by atoms with van der Waals surface area (Å²) in [5.41, 5.74) is 6.89. The predicted molar refractivity (Wildman–Crippen MR) is 173 cm³/mol. The third-order valence-electron chi connectivity index (χ3n) is 7.78. The van der Waals surface area contributed by atoms with Gasteiger partial charge >= 0.3 is 0 Å². The van der Waals surface area contributed by atoms with Gasteiger partial charge in [-0.05, 0) is 49.7 Å². The molecule has 0 saturated carbocycles. The minimum atomic E-state index is -0.850. The van der Waals surface area contributed by atoms with Crippen molar-refractivity contribution in [2.45, 2.75) is 66.0 Å². The van der Waals surface area contributed by atoms with Crippen molar-refractivity contribution in [2.75, 3.05) is 59.7 Å². The van der Waals surface area contributed by atoms with Gasteiger partial charge < -0.3 is 30.4 Å². The number of carbonyl (C=O) groups excluding carboxylic acids is 2. The van der Waals surface area contributed by atoms with Crippen LogP contribution in [0.2, 0.25) is 0 Å². The number of methoxy groups -OCH3 is 1. The summed E-state index contributed by atoms with van der Waals surface area (Å²) in [4.78, 5) is 30.8. The molecule has 13 heteroatoms. The lowest BCUT2D eigenvalue weighted by Gasteiger charge is -2.39. The van der Waals surface area contributed by atoms with Crippen molar-refractivity contribution < 1.29 is 28.9 Å². The van der Waals surface area contributed by atoms with E-state index in [0.29, 0.717) is 71.0 Å². The number of pyridine rings is 1. The minimum Gasteiger partial charge on any atom is -0.477 e. The fourth-order valence-corrected chi connectivity index (χ4v) is 5.04. The number of aliphatic hydroxyl groups excluding tert-OH is 1. The fraction of sp³-hybridized carbons (Fsp3) is 0.767. The van der Waals surface area contributed by atoms with Crippen molar-refractivity contribution in [3.05, 3.63) is 23.9 Å². The second-order valence-electron chi connectivity index (χ2n) is 11.4. The van der Waals surface area contributed by atoms with Crippen molar-refractivity contribution in [3.63, 3.8) is 0 Å². The standard InChI is InChI=1S/C30H53N5O6.2ClH/c1-7-35(34-12-16-40-17-13-34)30(38)25(22(4)5)19-27(36)26(31)18-23(21(2)3)20-33-28(37)24-10-8-11-32-29(24)41-15-9-14-39-6;;/h8,10-11,21-23,25-27,36H,7,9,12-20,31H2,1-6H3,(H,33,37);2*1H. The number of aliphatic hydroxyl groups is 1. The smallest absolute Gasteiger partial charge is 0.256 e. The average Bonchev–Trinajstić information content (AvgIpc) is 2.96. The molecule has 0 aliphatic carbocycles. The van der Waals surface area contributed by atoms with Gasteiger partial charge in [0.1, 0.15) is 5.56 Å². The molecule has 2 rings (SSSR count). The van der Waals surface area contributed by atoms with Gasteiger partial charge in [0.2, 0.25) is 11.8 Å². The second-order valence-corrected chi connectivity index (χ2v) is 11.4. The number of nitrogens with zero attached hydrogens (tertiary/aromatic N) is 3. The molecule has 0 spiro atoms. The maximum absolute atomic E-state index is 13.6. The average molecular weight is 653 g/mol. The topological polar surface area (TPSA) is 139 Å². The maximum Gasteiger partial charge on any atom is 0.256 e. The second kappa shape index (κ2) is 21.9. The molecule has 2 amide bonds. The van der Waals surface area contributed by atoms with Crippen LogP contribution in [0.25, 0.3) is 0 Å². The molecule has 11 nitrogen and oxygen atoms in total. The summed E-state index contributed by atoms with van der Waals surface area (Å²) in [6.07, 6.45) is 2.23. The molecule has 0 bridgehead atoms. The first-order valence-corrected chi connectivity index (χ1v) is 15.0. The Hall–Kier alpha value is -1.73. The van der Waals surface area contributed by atoms with Crippen molar-refractivity contribution in [3.8, 4) is 5.88 Å². The highest BCUT2D eigenvalue weighted by Gasteiger charge is 2.34. The summed E-state index contributed by atoms with van der Waals surface area (Å²) in [6.45, 7) is 14.6. The monoisotopic (exact) mass is 651 g/mol. The zero-order chi connectivity index (χ0) is 30.4.